The topological polar surface area (TPSA) is 107 Å². The highest BCUT2D eigenvalue weighted by Crippen LogP contribution is 2.29. The van der Waals surface area contributed by atoms with Gasteiger partial charge in [-0.25, -0.2) is 17.9 Å². The second kappa shape index (κ2) is 6.41. The van der Waals surface area contributed by atoms with Crippen molar-refractivity contribution in [2.24, 2.45) is 0 Å². The normalized spacial score (nSPS) is 12.7. The minimum Gasteiger partial charge on any atom is -0.478 e. The van der Waals surface area contributed by atoms with Gasteiger partial charge in [0.2, 0.25) is 10.0 Å². The van der Waals surface area contributed by atoms with Gasteiger partial charge in [0, 0.05) is 11.1 Å². The molecule has 0 bridgehead atoms. The van der Waals surface area contributed by atoms with Crippen molar-refractivity contribution in [1.82, 2.24) is 4.72 Å². The lowest BCUT2D eigenvalue weighted by atomic mass is 10.2. The van der Waals surface area contributed by atoms with E-state index in [9.17, 15) is 13.2 Å². The van der Waals surface area contributed by atoms with Crippen molar-refractivity contribution in [2.75, 3.05) is 0 Å². The molecule has 0 heterocycles. The lowest BCUT2D eigenvalue weighted by Gasteiger charge is -2.13. The van der Waals surface area contributed by atoms with Gasteiger partial charge in [-0.1, -0.05) is 23.2 Å². The Morgan fingerprint density at radius 1 is 1.50 bits per heavy atom. The van der Waals surface area contributed by atoms with Crippen molar-refractivity contribution < 1.29 is 18.3 Å². The molecule has 0 aromatic heterocycles. The molecule has 0 saturated heterocycles. The number of sulfonamides is 1. The van der Waals surface area contributed by atoms with Gasteiger partial charge in [-0.3, -0.25) is 0 Å². The Balaban J connectivity index is 3.33. The Hall–Kier alpha value is -1.33. The van der Waals surface area contributed by atoms with Crippen molar-refractivity contribution in [2.45, 2.75) is 24.3 Å². The Bertz CT molecular complexity index is 682. The maximum Gasteiger partial charge on any atom is 0.337 e. The first-order valence-electron chi connectivity index (χ1n) is 5.30. The number of nitrogens with one attached hydrogen (secondary N) is 1. The average molecular weight is 337 g/mol. The largest absolute Gasteiger partial charge is 0.478 e. The van der Waals surface area contributed by atoms with Crippen LogP contribution < -0.4 is 4.72 Å². The van der Waals surface area contributed by atoms with Crippen molar-refractivity contribution in [3.63, 3.8) is 0 Å². The fraction of sp³-hybridized carbons (Fsp3) is 0.273. The molecule has 0 fully saturated rings. The van der Waals surface area contributed by atoms with Gasteiger partial charge in [0.25, 0.3) is 0 Å². The minimum atomic E-state index is -4.07. The molecule has 9 heteroatoms. The van der Waals surface area contributed by atoms with Crippen LogP contribution in [-0.2, 0) is 10.0 Å². The second-order valence-corrected chi connectivity index (χ2v) is 6.45. The van der Waals surface area contributed by atoms with E-state index < -0.39 is 37.5 Å². The number of benzene rings is 1. The molecule has 108 valence electrons. The van der Waals surface area contributed by atoms with Gasteiger partial charge >= 0.3 is 5.97 Å². The van der Waals surface area contributed by atoms with Gasteiger partial charge in [0.15, 0.2) is 0 Å². The van der Waals surface area contributed by atoms with Gasteiger partial charge in [0.05, 0.1) is 23.1 Å². The van der Waals surface area contributed by atoms with E-state index in [-0.39, 0.29) is 11.4 Å². The van der Waals surface area contributed by atoms with Gasteiger partial charge in [-0.05, 0) is 19.1 Å². The molecule has 0 aliphatic heterocycles. The number of carboxylic acids is 1. The lowest BCUT2D eigenvalue weighted by molar-refractivity contribution is 0.0697. The molecule has 1 atom stereocenters. The average Bonchev–Trinajstić information content (AvgIpc) is 2.30. The summed E-state index contributed by atoms with van der Waals surface area (Å²) in [5, 5.41) is 17.0. The Morgan fingerprint density at radius 2 is 2.10 bits per heavy atom. The fourth-order valence-electron chi connectivity index (χ4n) is 1.42. The maximum absolute atomic E-state index is 12.1. The summed E-state index contributed by atoms with van der Waals surface area (Å²) in [6.45, 7) is 1.50. The fourth-order valence-corrected chi connectivity index (χ4v) is 3.57. The molecular weight excluding hydrogens is 327 g/mol. The van der Waals surface area contributed by atoms with E-state index in [1.807, 2.05) is 6.07 Å². The van der Waals surface area contributed by atoms with Crippen LogP contribution >= 0.6 is 23.2 Å². The van der Waals surface area contributed by atoms with Crippen molar-refractivity contribution in [3.05, 3.63) is 27.7 Å². The van der Waals surface area contributed by atoms with Gasteiger partial charge in [-0.15, -0.1) is 0 Å². The number of nitriles is 1. The molecular formula is C11H10Cl2N2O4S. The lowest BCUT2D eigenvalue weighted by Crippen LogP contribution is -2.32. The SMILES string of the molecule is CC(CC#N)NS(=O)(=O)c1cc(Cl)cc(C(=O)O)c1Cl. The van der Waals surface area contributed by atoms with E-state index in [1.165, 1.54) is 6.92 Å². The molecule has 1 aromatic carbocycles. The summed E-state index contributed by atoms with van der Waals surface area (Å²) in [5.41, 5.74) is -0.410. The third-order valence-electron chi connectivity index (χ3n) is 2.28. The number of hydrogen-bond donors (Lipinski definition) is 2. The molecule has 1 unspecified atom stereocenters. The summed E-state index contributed by atoms with van der Waals surface area (Å²) in [4.78, 5) is 10.5. The molecule has 0 amide bonds. The summed E-state index contributed by atoms with van der Waals surface area (Å²) in [6, 6.07) is 3.28. The highest BCUT2D eigenvalue weighted by atomic mass is 35.5. The first-order chi connectivity index (χ1) is 9.19. The first-order valence-corrected chi connectivity index (χ1v) is 7.54. The number of carboxylic acid groups (broad SMARTS) is 1. The number of hydrogen-bond acceptors (Lipinski definition) is 4. The molecule has 0 spiro atoms. The highest BCUT2D eigenvalue weighted by Gasteiger charge is 2.25. The molecule has 1 aromatic rings. The molecule has 20 heavy (non-hydrogen) atoms. The number of aromatic carboxylic acids is 1. The predicted octanol–water partition coefficient (Wildman–Crippen LogP) is 2.27. The zero-order valence-electron chi connectivity index (χ0n) is 10.2. The van der Waals surface area contributed by atoms with Crippen molar-refractivity contribution >= 4 is 39.2 Å². The van der Waals surface area contributed by atoms with Crippen LogP contribution in [0, 0.1) is 11.3 Å². The second-order valence-electron chi connectivity index (χ2n) is 3.96. The van der Waals surface area contributed by atoms with Crippen molar-refractivity contribution in [3.8, 4) is 6.07 Å². The van der Waals surface area contributed by atoms with Crippen LogP contribution in [0.3, 0.4) is 0 Å². The number of halogens is 2. The van der Waals surface area contributed by atoms with E-state index in [4.69, 9.17) is 33.6 Å². The zero-order chi connectivity index (χ0) is 15.5. The van der Waals surface area contributed by atoms with E-state index in [1.54, 1.807) is 0 Å². The Labute approximate surface area is 126 Å². The molecule has 1 rings (SSSR count). The summed E-state index contributed by atoms with van der Waals surface area (Å²) in [7, 11) is -4.07. The van der Waals surface area contributed by atoms with E-state index in [0.29, 0.717) is 0 Å². The third-order valence-corrected chi connectivity index (χ3v) is 4.63. The van der Waals surface area contributed by atoms with Gasteiger partial charge in [-0.2, -0.15) is 5.26 Å². The molecule has 0 radical (unpaired) electrons. The summed E-state index contributed by atoms with van der Waals surface area (Å²) in [5.74, 6) is -1.39. The minimum absolute atomic E-state index is 0.0385. The summed E-state index contributed by atoms with van der Waals surface area (Å²) >= 11 is 11.5. The molecule has 0 aliphatic carbocycles. The van der Waals surface area contributed by atoms with E-state index in [0.717, 1.165) is 12.1 Å². The number of rotatable bonds is 5. The first kappa shape index (κ1) is 16.7. The third kappa shape index (κ3) is 3.84. The zero-order valence-corrected chi connectivity index (χ0v) is 12.6. The van der Waals surface area contributed by atoms with E-state index in [2.05, 4.69) is 4.72 Å². The molecule has 2 N–H and O–H groups in total. The van der Waals surface area contributed by atoms with Crippen LogP contribution in [-0.4, -0.2) is 25.5 Å². The summed E-state index contributed by atoms with van der Waals surface area (Å²) < 4.78 is 26.4. The summed E-state index contributed by atoms with van der Waals surface area (Å²) in [6.07, 6.45) is -0.0385. The van der Waals surface area contributed by atoms with Crippen LogP contribution in [0.1, 0.15) is 23.7 Å². The Kier molecular flexibility index (Phi) is 5.36. The Morgan fingerprint density at radius 3 is 2.60 bits per heavy atom. The monoisotopic (exact) mass is 336 g/mol. The van der Waals surface area contributed by atoms with Crippen LogP contribution in [0.15, 0.2) is 17.0 Å². The number of carbonyl (C=O) groups is 1. The van der Waals surface area contributed by atoms with Crippen LogP contribution in [0.5, 0.6) is 0 Å². The molecule has 0 aliphatic rings. The number of nitrogens with zero attached hydrogens (tertiary/aromatic N) is 1. The quantitative estimate of drug-likeness (QED) is 0.857. The molecule has 0 saturated carbocycles. The van der Waals surface area contributed by atoms with Gasteiger partial charge in [0.1, 0.15) is 4.90 Å². The van der Waals surface area contributed by atoms with Crippen molar-refractivity contribution in [1.29, 1.82) is 5.26 Å². The molecule has 6 nitrogen and oxygen atoms in total. The maximum atomic E-state index is 12.1. The van der Waals surface area contributed by atoms with Crippen LogP contribution in [0.25, 0.3) is 0 Å². The standard InChI is InChI=1S/C11H10Cl2N2O4S/c1-6(2-3-14)15-20(18,19)9-5-7(12)4-8(10(9)13)11(16)17/h4-6,15H,2H2,1H3,(H,16,17). The van der Waals surface area contributed by atoms with E-state index >= 15 is 0 Å². The van der Waals surface area contributed by atoms with Crippen LogP contribution in [0.4, 0.5) is 0 Å². The predicted molar refractivity (Wildman–Crippen MR) is 73.4 cm³/mol. The van der Waals surface area contributed by atoms with Gasteiger partial charge < -0.3 is 5.11 Å². The highest BCUT2D eigenvalue weighted by molar-refractivity contribution is 7.89. The van der Waals surface area contributed by atoms with Crippen LogP contribution in [0.2, 0.25) is 10.0 Å². The smallest absolute Gasteiger partial charge is 0.337 e.